The Balaban J connectivity index is 1.52. The van der Waals surface area contributed by atoms with E-state index in [4.69, 9.17) is 0 Å². The quantitative estimate of drug-likeness (QED) is 0.807. The molecule has 1 aliphatic rings. The van der Waals surface area contributed by atoms with Crippen LogP contribution in [0.3, 0.4) is 0 Å². The molecule has 0 saturated carbocycles. The first-order valence-corrected chi connectivity index (χ1v) is 8.62. The monoisotopic (exact) mass is 358 g/mol. The normalized spacial score (nSPS) is 16.8. The number of benzene rings is 2. The number of carbonyl (C=O) groups excluding carboxylic acids is 2. The van der Waals surface area contributed by atoms with Crippen LogP contribution in [-0.4, -0.2) is 24.9 Å². The SMILES string of the molecule is O=C(NCCCc1ccccc1)C1CC(=O)N(c2c(F)cccc2F)C1. The third-order valence-corrected chi connectivity index (χ3v) is 4.49. The molecule has 0 aromatic heterocycles. The number of rotatable bonds is 6. The Bertz CT molecular complexity index is 775. The van der Waals surface area contributed by atoms with Crippen LogP contribution in [0.4, 0.5) is 14.5 Å². The summed E-state index contributed by atoms with van der Waals surface area (Å²) in [6, 6.07) is 13.4. The van der Waals surface area contributed by atoms with Crippen LogP contribution in [0.2, 0.25) is 0 Å². The van der Waals surface area contributed by atoms with E-state index in [1.54, 1.807) is 0 Å². The van der Waals surface area contributed by atoms with E-state index >= 15 is 0 Å². The number of halogens is 2. The van der Waals surface area contributed by atoms with E-state index in [1.165, 1.54) is 11.6 Å². The number of nitrogens with zero attached hydrogens (tertiary/aromatic N) is 1. The lowest BCUT2D eigenvalue weighted by molar-refractivity contribution is -0.126. The number of para-hydroxylation sites is 1. The number of amides is 2. The van der Waals surface area contributed by atoms with Gasteiger partial charge in [-0.1, -0.05) is 36.4 Å². The minimum absolute atomic E-state index is 0.0127. The van der Waals surface area contributed by atoms with Crippen molar-refractivity contribution in [3.63, 3.8) is 0 Å². The van der Waals surface area contributed by atoms with Crippen molar-refractivity contribution in [1.29, 1.82) is 0 Å². The van der Waals surface area contributed by atoms with Crippen LogP contribution < -0.4 is 10.2 Å². The predicted molar refractivity (Wildman–Crippen MR) is 94.6 cm³/mol. The third-order valence-electron chi connectivity index (χ3n) is 4.49. The fourth-order valence-corrected chi connectivity index (χ4v) is 3.14. The van der Waals surface area contributed by atoms with E-state index in [9.17, 15) is 18.4 Å². The highest BCUT2D eigenvalue weighted by Gasteiger charge is 2.37. The van der Waals surface area contributed by atoms with Gasteiger partial charge in [0.05, 0.1) is 5.92 Å². The van der Waals surface area contributed by atoms with Crippen molar-refractivity contribution < 1.29 is 18.4 Å². The van der Waals surface area contributed by atoms with Crippen molar-refractivity contribution in [2.45, 2.75) is 19.3 Å². The Labute approximate surface area is 150 Å². The highest BCUT2D eigenvalue weighted by molar-refractivity contribution is 6.00. The summed E-state index contributed by atoms with van der Waals surface area (Å²) in [7, 11) is 0. The molecule has 1 aliphatic heterocycles. The summed E-state index contributed by atoms with van der Waals surface area (Å²) in [5.41, 5.74) is 0.816. The number of aryl methyl sites for hydroxylation is 1. The molecule has 2 aromatic rings. The summed E-state index contributed by atoms with van der Waals surface area (Å²) in [6.45, 7) is 0.480. The van der Waals surface area contributed by atoms with E-state index in [2.05, 4.69) is 5.32 Å². The molecule has 0 aliphatic carbocycles. The topological polar surface area (TPSA) is 49.4 Å². The van der Waals surface area contributed by atoms with Gasteiger partial charge in [0.25, 0.3) is 0 Å². The smallest absolute Gasteiger partial charge is 0.228 e. The highest BCUT2D eigenvalue weighted by atomic mass is 19.1. The maximum Gasteiger partial charge on any atom is 0.228 e. The van der Waals surface area contributed by atoms with Crippen LogP contribution in [0, 0.1) is 17.6 Å². The first kappa shape index (κ1) is 18.0. The lowest BCUT2D eigenvalue weighted by Gasteiger charge is -2.18. The first-order valence-electron chi connectivity index (χ1n) is 8.62. The molecule has 2 aromatic carbocycles. The molecule has 1 N–H and O–H groups in total. The van der Waals surface area contributed by atoms with Crippen LogP contribution in [0.25, 0.3) is 0 Å². The lowest BCUT2D eigenvalue weighted by Crippen LogP contribution is -2.34. The average Bonchev–Trinajstić information content (AvgIpc) is 3.01. The zero-order valence-corrected chi connectivity index (χ0v) is 14.3. The van der Waals surface area contributed by atoms with Gasteiger partial charge in [0.15, 0.2) is 0 Å². The Morgan fingerprint density at radius 3 is 2.46 bits per heavy atom. The van der Waals surface area contributed by atoms with Gasteiger partial charge in [-0.15, -0.1) is 0 Å². The molecule has 136 valence electrons. The molecule has 0 radical (unpaired) electrons. The van der Waals surface area contributed by atoms with Gasteiger partial charge in [0.1, 0.15) is 17.3 Å². The summed E-state index contributed by atoms with van der Waals surface area (Å²) in [5, 5.41) is 2.81. The minimum Gasteiger partial charge on any atom is -0.356 e. The van der Waals surface area contributed by atoms with Crippen LogP contribution in [0.5, 0.6) is 0 Å². The van der Waals surface area contributed by atoms with Gasteiger partial charge >= 0.3 is 0 Å². The summed E-state index contributed by atoms with van der Waals surface area (Å²) in [5.74, 6) is -2.91. The average molecular weight is 358 g/mol. The standard InChI is InChI=1S/C20H20F2N2O2/c21-16-9-4-10-17(22)19(16)24-13-15(12-18(24)25)20(26)23-11-5-8-14-6-2-1-3-7-14/h1-4,6-7,9-10,15H,5,8,11-13H2,(H,23,26). The molecule has 0 spiro atoms. The fourth-order valence-electron chi connectivity index (χ4n) is 3.14. The zero-order chi connectivity index (χ0) is 18.5. The van der Waals surface area contributed by atoms with Crippen molar-refractivity contribution in [3.8, 4) is 0 Å². The Hall–Kier alpha value is -2.76. The summed E-state index contributed by atoms with van der Waals surface area (Å²) >= 11 is 0. The zero-order valence-electron chi connectivity index (χ0n) is 14.3. The number of nitrogens with one attached hydrogen (secondary N) is 1. The largest absolute Gasteiger partial charge is 0.356 e. The maximum absolute atomic E-state index is 13.9. The minimum atomic E-state index is -0.803. The van der Waals surface area contributed by atoms with Gasteiger partial charge in [-0.3, -0.25) is 9.59 Å². The molecule has 1 fully saturated rings. The second kappa shape index (κ2) is 8.08. The maximum atomic E-state index is 13.9. The van der Waals surface area contributed by atoms with Gasteiger partial charge in [0.2, 0.25) is 11.8 Å². The molecule has 1 unspecified atom stereocenters. The van der Waals surface area contributed by atoms with Gasteiger partial charge in [-0.2, -0.15) is 0 Å². The Morgan fingerprint density at radius 1 is 1.08 bits per heavy atom. The van der Waals surface area contributed by atoms with Gasteiger partial charge < -0.3 is 10.2 Å². The van der Waals surface area contributed by atoms with Crippen molar-refractivity contribution >= 4 is 17.5 Å². The second-order valence-electron chi connectivity index (χ2n) is 6.36. The van der Waals surface area contributed by atoms with Gasteiger partial charge in [0, 0.05) is 19.5 Å². The van der Waals surface area contributed by atoms with Gasteiger partial charge in [-0.25, -0.2) is 8.78 Å². The van der Waals surface area contributed by atoms with E-state index in [-0.39, 0.29) is 24.6 Å². The number of carbonyl (C=O) groups is 2. The first-order chi connectivity index (χ1) is 12.6. The van der Waals surface area contributed by atoms with Crippen LogP contribution >= 0.6 is 0 Å². The molecular weight excluding hydrogens is 338 g/mol. The van der Waals surface area contributed by atoms with Crippen molar-refractivity contribution in [2.24, 2.45) is 5.92 Å². The Kier molecular flexibility index (Phi) is 5.61. The number of hydrogen-bond acceptors (Lipinski definition) is 2. The van der Waals surface area contributed by atoms with E-state index in [1.807, 2.05) is 30.3 Å². The van der Waals surface area contributed by atoms with Crippen molar-refractivity contribution in [1.82, 2.24) is 5.32 Å². The number of anilines is 1. The molecule has 3 rings (SSSR count). The predicted octanol–water partition coefficient (Wildman–Crippen LogP) is 3.07. The molecular formula is C20H20F2N2O2. The van der Waals surface area contributed by atoms with Crippen LogP contribution in [-0.2, 0) is 16.0 Å². The van der Waals surface area contributed by atoms with Crippen molar-refractivity contribution in [2.75, 3.05) is 18.0 Å². The molecule has 1 heterocycles. The van der Waals surface area contributed by atoms with E-state index < -0.39 is 23.5 Å². The van der Waals surface area contributed by atoms with Gasteiger partial charge in [-0.05, 0) is 30.5 Å². The summed E-state index contributed by atoms with van der Waals surface area (Å²) in [4.78, 5) is 25.4. The number of hydrogen-bond donors (Lipinski definition) is 1. The summed E-state index contributed by atoms with van der Waals surface area (Å²) in [6.07, 6.45) is 1.58. The van der Waals surface area contributed by atoms with Crippen LogP contribution in [0.1, 0.15) is 18.4 Å². The molecule has 1 atom stereocenters. The molecule has 2 amide bonds. The summed E-state index contributed by atoms with van der Waals surface area (Å²) < 4.78 is 27.8. The molecule has 6 heteroatoms. The van der Waals surface area contributed by atoms with Crippen molar-refractivity contribution in [3.05, 3.63) is 65.7 Å². The Morgan fingerprint density at radius 2 is 1.77 bits per heavy atom. The van der Waals surface area contributed by atoms with Crippen LogP contribution in [0.15, 0.2) is 48.5 Å². The fraction of sp³-hybridized carbons (Fsp3) is 0.300. The second-order valence-corrected chi connectivity index (χ2v) is 6.36. The molecule has 1 saturated heterocycles. The lowest BCUT2D eigenvalue weighted by atomic mass is 10.1. The third kappa shape index (κ3) is 4.07. The molecule has 0 bridgehead atoms. The molecule has 4 nitrogen and oxygen atoms in total. The molecule has 26 heavy (non-hydrogen) atoms. The van der Waals surface area contributed by atoms with E-state index in [0.717, 1.165) is 29.9 Å². The van der Waals surface area contributed by atoms with E-state index in [0.29, 0.717) is 6.54 Å². The highest BCUT2D eigenvalue weighted by Crippen LogP contribution is 2.29.